The largest absolute Gasteiger partial charge is 0.322 e. The molecule has 1 saturated heterocycles. The van der Waals surface area contributed by atoms with Crippen molar-refractivity contribution < 1.29 is 9.59 Å². The lowest BCUT2D eigenvalue weighted by Gasteiger charge is -2.16. The number of nitrogens with one attached hydrogen (secondary N) is 1. The lowest BCUT2D eigenvalue weighted by Crippen LogP contribution is -2.23. The molecule has 0 spiro atoms. The first-order valence-electron chi connectivity index (χ1n) is 7.53. The summed E-state index contributed by atoms with van der Waals surface area (Å²) in [6.45, 7) is 0.770. The second-order valence-electron chi connectivity index (χ2n) is 5.38. The predicted octanol–water partition coefficient (Wildman–Crippen LogP) is 3.79. The van der Waals surface area contributed by atoms with Crippen LogP contribution in [0.15, 0.2) is 53.4 Å². The fraction of sp³-hybridized carbons (Fsp3) is 0.222. The molecule has 2 amide bonds. The molecule has 4 nitrogen and oxygen atoms in total. The van der Waals surface area contributed by atoms with Crippen molar-refractivity contribution in [3.63, 3.8) is 0 Å². The predicted molar refractivity (Wildman–Crippen MR) is 94.2 cm³/mol. The van der Waals surface area contributed by atoms with Gasteiger partial charge in [-0.1, -0.05) is 0 Å². The van der Waals surface area contributed by atoms with Crippen LogP contribution in [-0.4, -0.2) is 24.6 Å². The van der Waals surface area contributed by atoms with Gasteiger partial charge in [-0.25, -0.2) is 0 Å². The molecule has 2 aromatic carbocycles. The molecule has 5 heteroatoms. The molecular weight excluding hydrogens is 308 g/mol. The fourth-order valence-electron chi connectivity index (χ4n) is 2.59. The summed E-state index contributed by atoms with van der Waals surface area (Å²) in [6, 6.07) is 14.9. The molecule has 2 aromatic rings. The molecule has 1 aliphatic heterocycles. The van der Waals surface area contributed by atoms with Crippen molar-refractivity contribution in [2.45, 2.75) is 17.7 Å². The van der Waals surface area contributed by atoms with E-state index >= 15 is 0 Å². The Labute approximate surface area is 139 Å². The maximum atomic E-state index is 12.2. The molecule has 0 saturated carbocycles. The van der Waals surface area contributed by atoms with Crippen molar-refractivity contribution in [3.05, 3.63) is 54.1 Å². The minimum Gasteiger partial charge on any atom is -0.322 e. The highest BCUT2D eigenvalue weighted by Crippen LogP contribution is 2.23. The summed E-state index contributed by atoms with van der Waals surface area (Å²) in [7, 11) is 0. The molecule has 0 atom stereocenters. The summed E-state index contributed by atoms with van der Waals surface area (Å²) in [5.74, 6) is 0.0262. The van der Waals surface area contributed by atoms with Crippen molar-refractivity contribution in [1.29, 1.82) is 0 Å². The standard InChI is InChI=1S/C18H18N2O2S/c1-23-16-10-4-13(5-11-16)18(22)19-14-6-8-15(9-7-14)20-12-2-3-17(20)21/h4-11H,2-3,12H2,1H3,(H,19,22). The highest BCUT2D eigenvalue weighted by atomic mass is 32.2. The van der Waals surface area contributed by atoms with Crippen LogP contribution >= 0.6 is 11.8 Å². The number of benzene rings is 2. The van der Waals surface area contributed by atoms with Crippen LogP contribution in [0.2, 0.25) is 0 Å². The second kappa shape index (κ2) is 6.87. The molecule has 3 rings (SSSR count). The minimum atomic E-state index is -0.136. The van der Waals surface area contributed by atoms with Crippen molar-refractivity contribution in [3.8, 4) is 0 Å². The number of hydrogen-bond donors (Lipinski definition) is 1. The highest BCUT2D eigenvalue weighted by Gasteiger charge is 2.21. The van der Waals surface area contributed by atoms with E-state index in [-0.39, 0.29) is 11.8 Å². The Morgan fingerprint density at radius 1 is 1.09 bits per heavy atom. The number of carbonyl (C=O) groups is 2. The van der Waals surface area contributed by atoms with Crippen molar-refractivity contribution in [1.82, 2.24) is 0 Å². The van der Waals surface area contributed by atoms with Crippen LogP contribution in [0.4, 0.5) is 11.4 Å². The van der Waals surface area contributed by atoms with Crippen molar-refractivity contribution >= 4 is 35.0 Å². The van der Waals surface area contributed by atoms with Crippen LogP contribution in [0.1, 0.15) is 23.2 Å². The summed E-state index contributed by atoms with van der Waals surface area (Å²) in [4.78, 5) is 26.9. The fourth-order valence-corrected chi connectivity index (χ4v) is 3.00. The lowest BCUT2D eigenvalue weighted by atomic mass is 10.2. The van der Waals surface area contributed by atoms with E-state index in [1.165, 1.54) is 0 Å². The topological polar surface area (TPSA) is 49.4 Å². The molecule has 0 radical (unpaired) electrons. The Hall–Kier alpha value is -2.27. The average Bonchev–Trinajstić information content (AvgIpc) is 3.01. The first-order valence-corrected chi connectivity index (χ1v) is 8.76. The van der Waals surface area contributed by atoms with Crippen LogP contribution in [0.5, 0.6) is 0 Å². The lowest BCUT2D eigenvalue weighted by molar-refractivity contribution is -0.117. The Bertz CT molecular complexity index is 711. The molecule has 1 heterocycles. The third kappa shape index (κ3) is 3.56. The first kappa shape index (κ1) is 15.6. The van der Waals surface area contributed by atoms with Crippen molar-refractivity contribution in [2.24, 2.45) is 0 Å². The van der Waals surface area contributed by atoms with E-state index in [9.17, 15) is 9.59 Å². The molecule has 23 heavy (non-hydrogen) atoms. The van der Waals surface area contributed by atoms with E-state index in [2.05, 4.69) is 5.32 Å². The maximum Gasteiger partial charge on any atom is 0.255 e. The summed E-state index contributed by atoms with van der Waals surface area (Å²) in [5, 5.41) is 2.88. The van der Waals surface area contributed by atoms with Gasteiger partial charge in [0.25, 0.3) is 5.91 Å². The number of thioether (sulfide) groups is 1. The molecule has 0 bridgehead atoms. The number of anilines is 2. The van der Waals surface area contributed by atoms with Gasteiger partial charge in [-0.2, -0.15) is 0 Å². The van der Waals surface area contributed by atoms with Gasteiger partial charge in [0, 0.05) is 34.8 Å². The number of carbonyl (C=O) groups excluding carboxylic acids is 2. The number of hydrogen-bond acceptors (Lipinski definition) is 3. The van der Waals surface area contributed by atoms with Gasteiger partial charge in [-0.3, -0.25) is 9.59 Å². The Kier molecular flexibility index (Phi) is 4.67. The summed E-state index contributed by atoms with van der Waals surface area (Å²) >= 11 is 1.64. The van der Waals surface area contributed by atoms with Gasteiger partial charge in [0.2, 0.25) is 5.91 Å². The van der Waals surface area contributed by atoms with Crippen LogP contribution < -0.4 is 10.2 Å². The van der Waals surface area contributed by atoms with Gasteiger partial charge in [0.15, 0.2) is 0 Å². The first-order chi connectivity index (χ1) is 11.2. The third-order valence-electron chi connectivity index (χ3n) is 3.86. The molecular formula is C18H18N2O2S. The van der Waals surface area contributed by atoms with E-state index in [0.717, 1.165) is 29.2 Å². The van der Waals surface area contributed by atoms with Crippen LogP contribution in [0.25, 0.3) is 0 Å². The zero-order chi connectivity index (χ0) is 16.2. The number of amides is 2. The van der Waals surface area contributed by atoms with Crippen molar-refractivity contribution in [2.75, 3.05) is 23.0 Å². The monoisotopic (exact) mass is 326 g/mol. The molecule has 1 aliphatic rings. The zero-order valence-corrected chi connectivity index (χ0v) is 13.7. The van der Waals surface area contributed by atoms with Gasteiger partial charge in [0.05, 0.1) is 0 Å². The molecule has 0 unspecified atom stereocenters. The molecule has 1 fully saturated rings. The number of rotatable bonds is 4. The van der Waals surface area contributed by atoms with E-state index in [1.54, 1.807) is 16.7 Å². The molecule has 0 aromatic heterocycles. The van der Waals surface area contributed by atoms with Gasteiger partial charge in [-0.05, 0) is 61.2 Å². The summed E-state index contributed by atoms with van der Waals surface area (Å²) in [6.07, 6.45) is 3.52. The SMILES string of the molecule is CSc1ccc(C(=O)Nc2ccc(N3CCCC3=O)cc2)cc1. The Balaban J connectivity index is 1.67. The summed E-state index contributed by atoms with van der Waals surface area (Å²) in [5.41, 5.74) is 2.23. The van der Waals surface area contributed by atoms with Crippen LogP contribution in [0, 0.1) is 0 Å². The highest BCUT2D eigenvalue weighted by molar-refractivity contribution is 7.98. The van der Waals surface area contributed by atoms with E-state index in [4.69, 9.17) is 0 Å². The zero-order valence-electron chi connectivity index (χ0n) is 12.9. The van der Waals surface area contributed by atoms with Gasteiger partial charge < -0.3 is 10.2 Å². The summed E-state index contributed by atoms with van der Waals surface area (Å²) < 4.78 is 0. The number of nitrogens with zero attached hydrogens (tertiary/aromatic N) is 1. The smallest absolute Gasteiger partial charge is 0.255 e. The molecule has 0 aliphatic carbocycles. The maximum absolute atomic E-state index is 12.2. The van der Waals surface area contributed by atoms with Crippen LogP contribution in [-0.2, 0) is 4.79 Å². The second-order valence-corrected chi connectivity index (χ2v) is 6.26. The minimum absolute atomic E-state index is 0.136. The van der Waals surface area contributed by atoms with Gasteiger partial charge >= 0.3 is 0 Å². The quantitative estimate of drug-likeness (QED) is 0.870. The average molecular weight is 326 g/mol. The Morgan fingerprint density at radius 3 is 2.35 bits per heavy atom. The normalized spacial score (nSPS) is 14.1. The van der Waals surface area contributed by atoms with Gasteiger partial charge in [-0.15, -0.1) is 11.8 Å². The van der Waals surface area contributed by atoms with E-state index in [0.29, 0.717) is 12.0 Å². The Morgan fingerprint density at radius 2 is 1.78 bits per heavy atom. The van der Waals surface area contributed by atoms with E-state index < -0.39 is 0 Å². The molecule has 1 N–H and O–H groups in total. The van der Waals surface area contributed by atoms with Gasteiger partial charge in [0.1, 0.15) is 0 Å². The van der Waals surface area contributed by atoms with E-state index in [1.807, 2.05) is 54.8 Å². The molecule has 118 valence electrons. The third-order valence-corrected chi connectivity index (χ3v) is 4.61. The van der Waals surface area contributed by atoms with Crippen LogP contribution in [0.3, 0.4) is 0 Å².